The molecule has 8 nitrogen and oxygen atoms in total. The zero-order chi connectivity index (χ0) is 25.3. The maximum atomic E-state index is 14.1. The lowest BCUT2D eigenvalue weighted by molar-refractivity contribution is -0.162. The number of ether oxygens (including phenoxy) is 2. The number of likely N-dealkylation sites (tertiary alicyclic amines) is 1. The molecule has 0 saturated carbocycles. The molecule has 8 heteroatoms. The number of fused-ring (bicyclic) bond motifs is 1. The Kier molecular flexibility index (Phi) is 7.92. The second-order valence-electron chi connectivity index (χ2n) is 10.2. The summed E-state index contributed by atoms with van der Waals surface area (Å²) in [6.07, 6.45) is 6.49. The molecule has 190 valence electrons. The average Bonchev–Trinajstić information content (AvgIpc) is 3.32. The number of unbranched alkanes of at least 4 members (excludes halogenated alkanes) is 2. The summed E-state index contributed by atoms with van der Waals surface area (Å²) in [5, 5.41) is 9.97. The summed E-state index contributed by atoms with van der Waals surface area (Å²) in [5.74, 6) is -2.79. The molecule has 3 fully saturated rings. The van der Waals surface area contributed by atoms with Crippen LogP contribution < -0.4 is 0 Å². The lowest BCUT2D eigenvalue weighted by atomic mass is 9.62. The molecule has 3 aliphatic rings. The van der Waals surface area contributed by atoms with Gasteiger partial charge in [0.1, 0.15) is 24.2 Å². The molecule has 34 heavy (non-hydrogen) atoms. The Hall–Kier alpha value is -2.19. The van der Waals surface area contributed by atoms with Crippen LogP contribution in [0.5, 0.6) is 0 Å². The van der Waals surface area contributed by atoms with Crippen molar-refractivity contribution >= 4 is 17.8 Å². The summed E-state index contributed by atoms with van der Waals surface area (Å²) >= 11 is 0. The van der Waals surface area contributed by atoms with Crippen molar-refractivity contribution in [3.8, 4) is 0 Å². The first-order valence-corrected chi connectivity index (χ1v) is 12.4. The minimum absolute atomic E-state index is 0.0390. The number of hydrogen-bond donors (Lipinski definition) is 1. The number of amides is 2. The van der Waals surface area contributed by atoms with E-state index >= 15 is 0 Å². The predicted octanol–water partition coefficient (Wildman–Crippen LogP) is 2.31. The predicted molar refractivity (Wildman–Crippen MR) is 128 cm³/mol. The van der Waals surface area contributed by atoms with Crippen LogP contribution in [0.3, 0.4) is 0 Å². The van der Waals surface area contributed by atoms with Gasteiger partial charge in [-0.3, -0.25) is 14.4 Å². The maximum absolute atomic E-state index is 14.1. The summed E-state index contributed by atoms with van der Waals surface area (Å²) in [6.45, 7) is 15.7. The van der Waals surface area contributed by atoms with Crippen molar-refractivity contribution in [2.45, 2.75) is 76.7 Å². The molecule has 3 heterocycles. The van der Waals surface area contributed by atoms with E-state index in [2.05, 4.69) is 20.1 Å². The second kappa shape index (κ2) is 10.2. The van der Waals surface area contributed by atoms with E-state index in [0.29, 0.717) is 19.5 Å². The first kappa shape index (κ1) is 26.4. The van der Waals surface area contributed by atoms with E-state index in [9.17, 15) is 19.5 Å². The van der Waals surface area contributed by atoms with Gasteiger partial charge in [-0.15, -0.1) is 6.58 Å². The molecule has 3 unspecified atom stereocenters. The van der Waals surface area contributed by atoms with Crippen LogP contribution in [-0.2, 0) is 23.9 Å². The Balaban J connectivity index is 2.07. The van der Waals surface area contributed by atoms with Gasteiger partial charge in [0, 0.05) is 13.1 Å². The van der Waals surface area contributed by atoms with Gasteiger partial charge in [-0.05, 0) is 32.6 Å². The molecule has 3 aliphatic heterocycles. The Morgan fingerprint density at radius 3 is 2.65 bits per heavy atom. The lowest BCUT2D eigenvalue weighted by Gasteiger charge is -2.38. The van der Waals surface area contributed by atoms with Crippen LogP contribution in [-0.4, -0.2) is 82.3 Å². The Morgan fingerprint density at radius 1 is 1.35 bits per heavy atom. The molecule has 0 aliphatic carbocycles. The third-order valence-electron chi connectivity index (χ3n) is 8.02. The van der Waals surface area contributed by atoms with Crippen molar-refractivity contribution in [1.29, 1.82) is 0 Å². The zero-order valence-corrected chi connectivity index (χ0v) is 21.0. The number of carbonyl (C=O) groups is 3. The highest BCUT2D eigenvalue weighted by molar-refractivity contribution is 5.98. The highest BCUT2D eigenvalue weighted by Gasteiger charge is 2.80. The molecule has 0 aromatic carbocycles. The van der Waals surface area contributed by atoms with Crippen LogP contribution in [0.1, 0.15) is 53.4 Å². The van der Waals surface area contributed by atoms with Gasteiger partial charge in [0.2, 0.25) is 11.8 Å². The minimum Gasteiger partial charge on any atom is -0.461 e. The van der Waals surface area contributed by atoms with Crippen LogP contribution in [0.4, 0.5) is 0 Å². The van der Waals surface area contributed by atoms with Crippen LogP contribution in [0, 0.1) is 17.8 Å². The molecule has 7 atom stereocenters. The third-order valence-corrected chi connectivity index (χ3v) is 8.02. The number of rotatable bonds is 12. The van der Waals surface area contributed by atoms with Gasteiger partial charge in [-0.1, -0.05) is 45.4 Å². The van der Waals surface area contributed by atoms with Crippen LogP contribution in [0.25, 0.3) is 0 Å². The van der Waals surface area contributed by atoms with Crippen molar-refractivity contribution < 1.29 is 29.0 Å². The normalized spacial score (nSPS) is 34.6. The molecule has 0 aromatic heterocycles. The van der Waals surface area contributed by atoms with E-state index in [1.165, 1.54) is 11.0 Å². The Bertz CT molecular complexity index is 830. The monoisotopic (exact) mass is 476 g/mol. The number of carbonyl (C=O) groups excluding carboxylic acids is 3. The van der Waals surface area contributed by atoms with Gasteiger partial charge in [0.15, 0.2) is 0 Å². The lowest BCUT2D eigenvalue weighted by Crippen LogP contribution is -2.58. The molecular weight excluding hydrogens is 436 g/mol. The topological polar surface area (TPSA) is 96.4 Å². The average molecular weight is 477 g/mol. The molecule has 0 radical (unpaired) electrons. The van der Waals surface area contributed by atoms with E-state index in [-0.39, 0.29) is 30.9 Å². The van der Waals surface area contributed by atoms with Gasteiger partial charge in [-0.25, -0.2) is 0 Å². The van der Waals surface area contributed by atoms with Gasteiger partial charge < -0.3 is 24.4 Å². The van der Waals surface area contributed by atoms with E-state index in [1.807, 2.05) is 13.8 Å². The highest BCUT2D eigenvalue weighted by atomic mass is 16.6. The number of aliphatic hydroxyl groups is 1. The van der Waals surface area contributed by atoms with Crippen LogP contribution in [0.15, 0.2) is 25.3 Å². The van der Waals surface area contributed by atoms with E-state index < -0.39 is 41.1 Å². The van der Waals surface area contributed by atoms with Gasteiger partial charge in [0.05, 0.1) is 24.2 Å². The molecule has 1 N–H and O–H groups in total. The number of hydrogen-bond acceptors (Lipinski definition) is 6. The Labute approximate surface area is 202 Å². The summed E-state index contributed by atoms with van der Waals surface area (Å²) in [6, 6.07) is -1.52. The summed E-state index contributed by atoms with van der Waals surface area (Å²) in [5.41, 5.74) is -2.06. The van der Waals surface area contributed by atoms with Crippen LogP contribution in [0.2, 0.25) is 0 Å². The zero-order valence-electron chi connectivity index (χ0n) is 21.0. The van der Waals surface area contributed by atoms with E-state index in [0.717, 1.165) is 19.3 Å². The van der Waals surface area contributed by atoms with Crippen LogP contribution >= 0.6 is 0 Å². The summed E-state index contributed by atoms with van der Waals surface area (Å²) < 4.78 is 12.0. The smallest absolute Gasteiger partial charge is 0.313 e. The van der Waals surface area contributed by atoms with Crippen molar-refractivity contribution in [2.24, 2.45) is 17.8 Å². The minimum atomic E-state index is -1.15. The van der Waals surface area contributed by atoms with E-state index in [4.69, 9.17) is 9.47 Å². The number of aliphatic hydroxyl groups excluding tert-OH is 1. The summed E-state index contributed by atoms with van der Waals surface area (Å²) in [7, 11) is 0. The standard InChI is InChI=1S/C26H40N2O6/c1-7-10-11-13-27(12-8-2)23(31)21-26-15-17(4)25(6,34-26)20(24(32)33-14-9-3)19(26)22(30)28(21)18(5)16-29/h8-9,17-21,29H,2-3,7,10-16H2,1,4-6H3/t17?,18-,19+,20-,21?,25+,26?/m1/s1. The highest BCUT2D eigenvalue weighted by Crippen LogP contribution is 2.65. The van der Waals surface area contributed by atoms with Crippen molar-refractivity contribution in [3.05, 3.63) is 25.3 Å². The van der Waals surface area contributed by atoms with E-state index in [1.54, 1.807) is 17.9 Å². The van der Waals surface area contributed by atoms with Crippen molar-refractivity contribution in [3.63, 3.8) is 0 Å². The number of esters is 1. The quantitative estimate of drug-likeness (QED) is 0.264. The first-order chi connectivity index (χ1) is 16.1. The fourth-order valence-electron chi connectivity index (χ4n) is 6.28. The third kappa shape index (κ3) is 3.98. The fourth-order valence-corrected chi connectivity index (χ4v) is 6.28. The first-order valence-electron chi connectivity index (χ1n) is 12.4. The second-order valence-corrected chi connectivity index (χ2v) is 10.2. The van der Waals surface area contributed by atoms with Gasteiger partial charge in [-0.2, -0.15) is 0 Å². The summed E-state index contributed by atoms with van der Waals surface area (Å²) in [4.78, 5) is 44.3. The molecule has 2 bridgehead atoms. The van der Waals surface area contributed by atoms with Crippen molar-refractivity contribution in [2.75, 3.05) is 26.3 Å². The SMILES string of the molecule is C=CCOC(=O)[C@H]1[C@H]2C(=O)N([C@H](C)CO)C(C(=O)N(CC=C)CCCCC)C23CC(C)[C@]1(C)O3. The van der Waals surface area contributed by atoms with Gasteiger partial charge in [0.25, 0.3) is 0 Å². The molecular formula is C26H40N2O6. The molecule has 1 spiro atoms. The van der Waals surface area contributed by atoms with Gasteiger partial charge >= 0.3 is 5.97 Å². The molecule has 3 rings (SSSR count). The number of nitrogens with zero attached hydrogens (tertiary/aromatic N) is 2. The van der Waals surface area contributed by atoms with Crippen molar-refractivity contribution in [1.82, 2.24) is 9.80 Å². The molecule has 2 amide bonds. The largest absolute Gasteiger partial charge is 0.461 e. The Morgan fingerprint density at radius 2 is 2.06 bits per heavy atom. The molecule has 3 saturated heterocycles. The molecule has 0 aromatic rings. The fraction of sp³-hybridized carbons (Fsp3) is 0.731. The maximum Gasteiger partial charge on any atom is 0.313 e.